The summed E-state index contributed by atoms with van der Waals surface area (Å²) in [5, 5.41) is 3.00. The normalized spacial score (nSPS) is 18.6. The topological polar surface area (TPSA) is 55.1 Å². The van der Waals surface area contributed by atoms with Gasteiger partial charge in [0.15, 0.2) is 0 Å². The summed E-state index contributed by atoms with van der Waals surface area (Å²) in [4.78, 5) is 11.8. The van der Waals surface area contributed by atoms with Crippen molar-refractivity contribution < 1.29 is 4.79 Å². The fourth-order valence-corrected chi connectivity index (χ4v) is 2.51. The van der Waals surface area contributed by atoms with Gasteiger partial charge in [0.2, 0.25) is 5.91 Å². The Balaban J connectivity index is 2.09. The molecular formula is C13H26N2O. The summed E-state index contributed by atoms with van der Waals surface area (Å²) in [6.45, 7) is 3.55. The highest BCUT2D eigenvalue weighted by atomic mass is 16.1. The molecule has 0 spiro atoms. The summed E-state index contributed by atoms with van der Waals surface area (Å²) in [6, 6.07) is 0. The molecule has 0 aliphatic heterocycles. The molecule has 1 aliphatic carbocycles. The lowest BCUT2D eigenvalue weighted by molar-refractivity contribution is -0.125. The predicted molar refractivity (Wildman–Crippen MR) is 67.0 cm³/mol. The zero-order valence-corrected chi connectivity index (χ0v) is 10.5. The van der Waals surface area contributed by atoms with Crippen molar-refractivity contribution in [3.05, 3.63) is 0 Å². The first kappa shape index (κ1) is 13.5. The van der Waals surface area contributed by atoms with Gasteiger partial charge in [-0.15, -0.1) is 0 Å². The van der Waals surface area contributed by atoms with E-state index in [1.165, 1.54) is 25.7 Å². The first-order chi connectivity index (χ1) is 7.74. The van der Waals surface area contributed by atoms with E-state index in [4.69, 9.17) is 5.73 Å². The van der Waals surface area contributed by atoms with Gasteiger partial charge in [0.05, 0.1) is 0 Å². The van der Waals surface area contributed by atoms with E-state index in [0.717, 1.165) is 31.7 Å². The molecule has 0 aromatic rings. The number of carbonyl (C=O) groups is 1. The van der Waals surface area contributed by atoms with Crippen LogP contribution in [0.3, 0.4) is 0 Å². The molecule has 1 aliphatic rings. The van der Waals surface area contributed by atoms with Crippen molar-refractivity contribution in [2.45, 2.75) is 51.9 Å². The van der Waals surface area contributed by atoms with Crippen LogP contribution < -0.4 is 11.1 Å². The van der Waals surface area contributed by atoms with Gasteiger partial charge in [0.1, 0.15) is 0 Å². The Morgan fingerprint density at radius 1 is 1.38 bits per heavy atom. The van der Waals surface area contributed by atoms with Crippen LogP contribution in [0.25, 0.3) is 0 Å². The smallest absolute Gasteiger partial charge is 0.222 e. The van der Waals surface area contributed by atoms with Crippen LogP contribution in [0.15, 0.2) is 0 Å². The average Bonchev–Trinajstić information content (AvgIpc) is 2.76. The van der Waals surface area contributed by atoms with E-state index >= 15 is 0 Å². The van der Waals surface area contributed by atoms with Crippen molar-refractivity contribution in [1.29, 1.82) is 0 Å². The maximum atomic E-state index is 11.8. The summed E-state index contributed by atoms with van der Waals surface area (Å²) >= 11 is 0. The molecule has 1 amide bonds. The molecule has 0 aromatic carbocycles. The number of carbonyl (C=O) groups excluding carboxylic acids is 1. The maximum absolute atomic E-state index is 11.8. The van der Waals surface area contributed by atoms with Gasteiger partial charge in [-0.2, -0.15) is 0 Å². The monoisotopic (exact) mass is 226 g/mol. The summed E-state index contributed by atoms with van der Waals surface area (Å²) < 4.78 is 0. The molecule has 1 fully saturated rings. The van der Waals surface area contributed by atoms with E-state index in [0.29, 0.717) is 6.54 Å². The van der Waals surface area contributed by atoms with Crippen molar-refractivity contribution in [3.8, 4) is 0 Å². The van der Waals surface area contributed by atoms with E-state index < -0.39 is 0 Å². The molecular weight excluding hydrogens is 200 g/mol. The van der Waals surface area contributed by atoms with Crippen LogP contribution in [0, 0.1) is 11.8 Å². The molecule has 0 radical (unpaired) electrons. The second-order valence-corrected chi connectivity index (χ2v) is 5.07. The van der Waals surface area contributed by atoms with Crippen LogP contribution in [0.2, 0.25) is 0 Å². The van der Waals surface area contributed by atoms with Gasteiger partial charge in [0.25, 0.3) is 0 Å². The average molecular weight is 226 g/mol. The lowest BCUT2D eigenvalue weighted by Crippen LogP contribution is -2.31. The van der Waals surface area contributed by atoms with Crippen molar-refractivity contribution >= 4 is 5.91 Å². The first-order valence-electron chi connectivity index (χ1n) is 6.71. The molecule has 1 unspecified atom stereocenters. The summed E-state index contributed by atoms with van der Waals surface area (Å²) in [5.41, 5.74) is 5.40. The van der Waals surface area contributed by atoms with Crippen LogP contribution >= 0.6 is 0 Å². The Hall–Kier alpha value is -0.570. The highest BCUT2D eigenvalue weighted by molar-refractivity contribution is 5.78. The Morgan fingerprint density at radius 3 is 2.69 bits per heavy atom. The van der Waals surface area contributed by atoms with Gasteiger partial charge in [0, 0.05) is 12.5 Å². The Kier molecular flexibility index (Phi) is 6.46. The third-order valence-corrected chi connectivity index (χ3v) is 3.54. The van der Waals surface area contributed by atoms with Crippen LogP contribution in [0.4, 0.5) is 0 Å². The third-order valence-electron chi connectivity index (χ3n) is 3.54. The highest BCUT2D eigenvalue weighted by Gasteiger charge is 2.21. The zero-order valence-electron chi connectivity index (χ0n) is 10.5. The molecule has 0 heterocycles. The molecule has 16 heavy (non-hydrogen) atoms. The van der Waals surface area contributed by atoms with E-state index in [2.05, 4.69) is 12.2 Å². The van der Waals surface area contributed by atoms with E-state index in [-0.39, 0.29) is 11.8 Å². The maximum Gasteiger partial charge on any atom is 0.222 e. The van der Waals surface area contributed by atoms with E-state index in [9.17, 15) is 4.79 Å². The molecule has 3 nitrogen and oxygen atoms in total. The van der Waals surface area contributed by atoms with Gasteiger partial charge < -0.3 is 11.1 Å². The van der Waals surface area contributed by atoms with Crippen LogP contribution in [-0.2, 0) is 4.79 Å². The number of amides is 1. The van der Waals surface area contributed by atoms with E-state index in [1.807, 2.05) is 0 Å². The predicted octanol–water partition coefficient (Wildman–Crippen LogP) is 2.06. The van der Waals surface area contributed by atoms with Crippen molar-refractivity contribution in [1.82, 2.24) is 5.32 Å². The molecule has 0 aromatic heterocycles. The van der Waals surface area contributed by atoms with Crippen LogP contribution in [0.1, 0.15) is 51.9 Å². The molecule has 3 heteroatoms. The van der Waals surface area contributed by atoms with E-state index in [1.54, 1.807) is 0 Å². The van der Waals surface area contributed by atoms with Crippen molar-refractivity contribution in [2.24, 2.45) is 17.6 Å². The molecule has 3 N–H and O–H groups in total. The van der Waals surface area contributed by atoms with Gasteiger partial charge in [-0.05, 0) is 31.7 Å². The lowest BCUT2D eigenvalue weighted by atomic mass is 9.94. The second-order valence-electron chi connectivity index (χ2n) is 5.07. The number of rotatable bonds is 7. The highest BCUT2D eigenvalue weighted by Crippen LogP contribution is 2.30. The van der Waals surface area contributed by atoms with Gasteiger partial charge in [-0.3, -0.25) is 4.79 Å². The number of hydrogen-bond donors (Lipinski definition) is 2. The number of nitrogens with one attached hydrogen (secondary N) is 1. The fourth-order valence-electron chi connectivity index (χ4n) is 2.51. The molecule has 94 valence electrons. The minimum atomic E-state index is 0.181. The standard InChI is InChI=1S/C13H26N2O/c1-11(10-12-6-2-3-7-12)13(16)15-9-5-4-8-14/h11-12H,2-10,14H2,1H3,(H,15,16). The third kappa shape index (κ3) is 4.97. The zero-order chi connectivity index (χ0) is 11.8. The Bertz CT molecular complexity index is 200. The quantitative estimate of drug-likeness (QED) is 0.653. The van der Waals surface area contributed by atoms with Crippen LogP contribution in [0.5, 0.6) is 0 Å². The van der Waals surface area contributed by atoms with Gasteiger partial charge >= 0.3 is 0 Å². The Labute approximate surface area is 99.2 Å². The van der Waals surface area contributed by atoms with Crippen LogP contribution in [-0.4, -0.2) is 19.0 Å². The molecule has 0 bridgehead atoms. The summed E-state index contributed by atoms with van der Waals surface area (Å²) in [6.07, 6.45) is 8.43. The first-order valence-corrected chi connectivity index (χ1v) is 6.71. The Morgan fingerprint density at radius 2 is 2.06 bits per heavy atom. The second kappa shape index (κ2) is 7.66. The molecule has 1 atom stereocenters. The lowest BCUT2D eigenvalue weighted by Gasteiger charge is -2.16. The largest absolute Gasteiger partial charge is 0.356 e. The summed E-state index contributed by atoms with van der Waals surface area (Å²) in [5.74, 6) is 1.20. The summed E-state index contributed by atoms with van der Waals surface area (Å²) in [7, 11) is 0. The van der Waals surface area contributed by atoms with Gasteiger partial charge in [-0.25, -0.2) is 0 Å². The minimum absolute atomic E-state index is 0.181. The number of hydrogen-bond acceptors (Lipinski definition) is 2. The minimum Gasteiger partial charge on any atom is -0.356 e. The van der Waals surface area contributed by atoms with Crippen molar-refractivity contribution in [2.75, 3.05) is 13.1 Å². The SMILES string of the molecule is CC(CC1CCCC1)C(=O)NCCCCN. The molecule has 0 saturated heterocycles. The van der Waals surface area contributed by atoms with Crippen molar-refractivity contribution in [3.63, 3.8) is 0 Å². The molecule has 1 rings (SSSR count). The van der Waals surface area contributed by atoms with Gasteiger partial charge in [-0.1, -0.05) is 32.6 Å². The number of unbranched alkanes of at least 4 members (excludes halogenated alkanes) is 1. The molecule has 1 saturated carbocycles. The number of nitrogens with two attached hydrogens (primary N) is 1. The fraction of sp³-hybridized carbons (Fsp3) is 0.923.